The number of quaternary nitrogens is 1. The van der Waals surface area contributed by atoms with E-state index in [1.807, 2.05) is 6.26 Å². The van der Waals surface area contributed by atoms with Gasteiger partial charge >= 0.3 is 5.97 Å². The maximum absolute atomic E-state index is 12.5. The van der Waals surface area contributed by atoms with Crippen LogP contribution in [-0.2, 0) is 24.3 Å². The molecule has 1 aromatic rings. The van der Waals surface area contributed by atoms with Crippen LogP contribution in [0.1, 0.15) is 6.42 Å². The van der Waals surface area contributed by atoms with E-state index in [-0.39, 0.29) is 23.2 Å². The standard InChI is InChI=1S/C15H23N3O5S3.ClH/c1-23-15(20)13(7-8-25-2)18-26(21,22)11-5-3-10(4-6-11)17-14(19)12(16)9-24;/h3-6,12-13,18,24H,7-9,16H2,1-2H3,(H,17,19);1H/t12-,13-;/m0./s1. The van der Waals surface area contributed by atoms with Gasteiger partial charge in [0.2, 0.25) is 10.0 Å². The molecule has 27 heavy (non-hydrogen) atoms. The summed E-state index contributed by atoms with van der Waals surface area (Å²) in [5.41, 5.74) is 4.09. The van der Waals surface area contributed by atoms with Crippen LogP contribution in [-0.4, -0.2) is 57.2 Å². The van der Waals surface area contributed by atoms with Crippen molar-refractivity contribution in [3.63, 3.8) is 0 Å². The zero-order valence-corrected chi connectivity index (χ0v) is 18.3. The fourth-order valence-corrected chi connectivity index (χ4v) is 3.76. The number of amides is 1. The second kappa shape index (κ2) is 12.5. The fraction of sp³-hybridized carbons (Fsp3) is 0.467. The smallest absolute Gasteiger partial charge is 0.323 e. The van der Waals surface area contributed by atoms with Crippen molar-refractivity contribution < 1.29 is 40.9 Å². The number of rotatable bonds is 10. The molecule has 0 radical (unpaired) electrons. The van der Waals surface area contributed by atoms with Gasteiger partial charge in [0.05, 0.1) is 17.8 Å². The largest absolute Gasteiger partial charge is 1.00 e. The number of carbonyl (C=O) groups is 2. The van der Waals surface area contributed by atoms with Crippen LogP contribution >= 0.6 is 24.4 Å². The molecule has 154 valence electrons. The molecular weight excluding hydrogens is 434 g/mol. The minimum atomic E-state index is -3.91. The highest BCUT2D eigenvalue weighted by Crippen LogP contribution is 2.15. The van der Waals surface area contributed by atoms with Gasteiger partial charge in [0, 0.05) is 5.69 Å². The van der Waals surface area contributed by atoms with Crippen molar-refractivity contribution in [2.75, 3.05) is 30.2 Å². The van der Waals surface area contributed by atoms with Gasteiger partial charge < -0.3 is 28.2 Å². The molecule has 2 atom stereocenters. The summed E-state index contributed by atoms with van der Waals surface area (Å²) in [6, 6.07) is 4.15. The Hall–Kier alpha value is -0.980. The molecule has 0 spiro atoms. The second-order valence-corrected chi connectivity index (χ2v) is 8.44. The first kappa shape index (κ1) is 26.0. The Labute approximate surface area is 175 Å². The molecule has 1 amide bonds. The van der Waals surface area contributed by atoms with Gasteiger partial charge in [0.25, 0.3) is 5.91 Å². The lowest BCUT2D eigenvalue weighted by atomic mass is 10.2. The number of methoxy groups -OCH3 is 1. The number of benzene rings is 1. The summed E-state index contributed by atoms with van der Waals surface area (Å²) in [6.45, 7) is 0. The molecule has 0 bridgehead atoms. The number of carbonyl (C=O) groups excluding carboxylic acids is 2. The topological polar surface area (TPSA) is 129 Å². The molecule has 0 aliphatic heterocycles. The van der Waals surface area contributed by atoms with Crippen LogP contribution in [0.25, 0.3) is 0 Å². The molecule has 0 fully saturated rings. The maximum atomic E-state index is 12.5. The van der Waals surface area contributed by atoms with Crippen molar-refractivity contribution in [3.8, 4) is 0 Å². The van der Waals surface area contributed by atoms with E-state index in [1.54, 1.807) is 0 Å². The molecular formula is C15H24ClN3O5S3. The van der Waals surface area contributed by atoms with Crippen LogP contribution in [0.15, 0.2) is 29.2 Å². The van der Waals surface area contributed by atoms with Crippen LogP contribution in [0.4, 0.5) is 5.69 Å². The Bertz CT molecular complexity index is 716. The zero-order valence-electron chi connectivity index (χ0n) is 15.0. The summed E-state index contributed by atoms with van der Waals surface area (Å²) in [7, 11) is -2.70. The van der Waals surface area contributed by atoms with Gasteiger partial charge in [0.1, 0.15) is 6.04 Å². The molecule has 0 heterocycles. The molecule has 5 N–H and O–H groups in total. The van der Waals surface area contributed by atoms with Gasteiger partial charge in [-0.25, -0.2) is 8.42 Å². The predicted molar refractivity (Wildman–Crippen MR) is 105 cm³/mol. The van der Waals surface area contributed by atoms with E-state index in [9.17, 15) is 18.0 Å². The first-order valence-corrected chi connectivity index (χ1v) is 11.2. The highest BCUT2D eigenvalue weighted by Gasteiger charge is 2.26. The average molecular weight is 458 g/mol. The van der Waals surface area contributed by atoms with Crippen molar-refractivity contribution in [1.29, 1.82) is 0 Å². The minimum Gasteiger partial charge on any atom is -1.00 e. The lowest BCUT2D eigenvalue weighted by Gasteiger charge is -2.16. The number of halogens is 1. The monoisotopic (exact) mass is 457 g/mol. The van der Waals surface area contributed by atoms with Crippen LogP contribution < -0.4 is 28.2 Å². The summed E-state index contributed by atoms with van der Waals surface area (Å²) in [5.74, 6) is -0.0473. The van der Waals surface area contributed by atoms with E-state index in [2.05, 4.69) is 33.1 Å². The third-order valence-corrected chi connectivity index (χ3v) is 5.99. The molecule has 0 aliphatic rings. The number of sulfonamides is 1. The Morgan fingerprint density at radius 1 is 1.30 bits per heavy atom. The highest BCUT2D eigenvalue weighted by atomic mass is 35.5. The molecule has 1 rings (SSSR count). The molecule has 12 heteroatoms. The first-order valence-electron chi connectivity index (χ1n) is 7.69. The summed E-state index contributed by atoms with van der Waals surface area (Å²) < 4.78 is 32.0. The van der Waals surface area contributed by atoms with Gasteiger partial charge in [-0.05, 0) is 42.7 Å². The molecule has 0 aromatic heterocycles. The number of esters is 1. The van der Waals surface area contributed by atoms with E-state index >= 15 is 0 Å². The van der Waals surface area contributed by atoms with Crippen molar-refractivity contribution in [3.05, 3.63) is 24.3 Å². The third-order valence-electron chi connectivity index (χ3n) is 3.42. The Morgan fingerprint density at radius 2 is 1.89 bits per heavy atom. The van der Waals surface area contributed by atoms with Crippen LogP contribution in [0.2, 0.25) is 0 Å². The number of hydrogen-bond acceptors (Lipinski definition) is 7. The molecule has 8 nitrogen and oxygen atoms in total. The van der Waals surface area contributed by atoms with E-state index in [4.69, 9.17) is 0 Å². The van der Waals surface area contributed by atoms with E-state index in [1.165, 1.54) is 43.1 Å². The lowest BCUT2D eigenvalue weighted by Crippen LogP contribution is -3.00. The number of anilines is 1. The van der Waals surface area contributed by atoms with Crippen molar-refractivity contribution in [2.24, 2.45) is 0 Å². The van der Waals surface area contributed by atoms with E-state index in [0.717, 1.165) is 0 Å². The summed E-state index contributed by atoms with van der Waals surface area (Å²) in [6.07, 6.45) is 2.18. The average Bonchev–Trinajstić information content (AvgIpc) is 2.63. The van der Waals surface area contributed by atoms with Crippen LogP contribution in [0, 0.1) is 0 Å². The SMILES string of the molecule is COC(=O)[C@H](CCSC)NS(=O)(=O)c1ccc(NC(=O)[C@@H]([NH3+])CS)cc1.[Cl-]. The minimum absolute atomic E-state index is 0. The fourth-order valence-electron chi connectivity index (χ4n) is 1.90. The number of ether oxygens (including phenoxy) is 1. The van der Waals surface area contributed by atoms with Gasteiger partial charge in [-0.2, -0.15) is 29.1 Å². The first-order chi connectivity index (χ1) is 12.2. The van der Waals surface area contributed by atoms with Crippen molar-refractivity contribution in [2.45, 2.75) is 23.4 Å². The van der Waals surface area contributed by atoms with Crippen LogP contribution in [0.5, 0.6) is 0 Å². The number of thiol groups is 1. The number of thioether (sulfide) groups is 1. The second-order valence-electron chi connectivity index (χ2n) is 5.37. The van der Waals surface area contributed by atoms with Gasteiger partial charge in [0.15, 0.2) is 6.04 Å². The number of hydrogen-bond donors (Lipinski definition) is 4. The predicted octanol–water partition coefficient (Wildman–Crippen LogP) is -3.26. The normalized spacial score (nSPS) is 13.2. The summed E-state index contributed by atoms with van der Waals surface area (Å²) in [4.78, 5) is 23.5. The maximum Gasteiger partial charge on any atom is 0.323 e. The Morgan fingerprint density at radius 3 is 2.37 bits per heavy atom. The molecule has 0 saturated carbocycles. The molecule has 0 aliphatic carbocycles. The van der Waals surface area contributed by atoms with E-state index in [0.29, 0.717) is 23.6 Å². The number of nitrogens with one attached hydrogen (secondary N) is 2. The summed E-state index contributed by atoms with van der Waals surface area (Å²) >= 11 is 5.50. The highest BCUT2D eigenvalue weighted by molar-refractivity contribution is 7.98. The van der Waals surface area contributed by atoms with E-state index < -0.39 is 28.1 Å². The van der Waals surface area contributed by atoms with Gasteiger partial charge in [-0.15, -0.1) is 0 Å². The Balaban J connectivity index is 0.00000676. The van der Waals surface area contributed by atoms with Crippen LogP contribution in [0.3, 0.4) is 0 Å². The summed E-state index contributed by atoms with van der Waals surface area (Å²) in [5, 5.41) is 2.62. The Kier molecular flexibility index (Phi) is 12.0. The quantitative estimate of drug-likeness (QED) is 0.216. The van der Waals surface area contributed by atoms with Crippen molar-refractivity contribution in [1.82, 2.24) is 4.72 Å². The lowest BCUT2D eigenvalue weighted by molar-refractivity contribution is -0.395. The van der Waals surface area contributed by atoms with Crippen molar-refractivity contribution >= 4 is 52.0 Å². The van der Waals surface area contributed by atoms with Gasteiger partial charge in [-0.1, -0.05) is 0 Å². The molecule has 0 saturated heterocycles. The molecule has 1 aromatic carbocycles. The third kappa shape index (κ3) is 8.28. The molecule has 0 unspecified atom stereocenters. The zero-order chi connectivity index (χ0) is 19.7. The van der Waals surface area contributed by atoms with Gasteiger partial charge in [-0.3, -0.25) is 9.59 Å².